The Kier molecular flexibility index (Phi) is 4.68. The lowest BCUT2D eigenvalue weighted by Crippen LogP contribution is -2.45. The molecule has 1 unspecified atom stereocenters. The smallest absolute Gasteiger partial charge is 0.0477 e. The van der Waals surface area contributed by atoms with Gasteiger partial charge in [-0.2, -0.15) is 0 Å². The van der Waals surface area contributed by atoms with Crippen LogP contribution in [0.5, 0.6) is 0 Å². The Balaban J connectivity index is 1.81. The monoisotopic (exact) mass is 345 g/mol. The van der Waals surface area contributed by atoms with E-state index in [1.54, 1.807) is 0 Å². The number of piperazine rings is 1. The molecule has 1 aromatic heterocycles. The van der Waals surface area contributed by atoms with E-state index in [1.807, 2.05) is 12.4 Å². The van der Waals surface area contributed by atoms with Crippen molar-refractivity contribution in [2.24, 2.45) is 0 Å². The molecule has 110 valence electrons. The maximum atomic E-state index is 4.13. The Morgan fingerprint density at radius 3 is 2.86 bits per heavy atom. The van der Waals surface area contributed by atoms with Gasteiger partial charge in [0.2, 0.25) is 0 Å². The van der Waals surface area contributed by atoms with Crippen molar-refractivity contribution in [1.29, 1.82) is 0 Å². The molecular weight excluding hydrogens is 326 g/mol. The molecule has 21 heavy (non-hydrogen) atoms. The third-order valence-corrected chi connectivity index (χ3v) is 4.77. The summed E-state index contributed by atoms with van der Waals surface area (Å²) in [7, 11) is 0. The average molecular weight is 346 g/mol. The first-order chi connectivity index (χ1) is 10.2. The Hall–Kier alpha value is -1.23. The van der Waals surface area contributed by atoms with Gasteiger partial charge in [-0.15, -0.1) is 0 Å². The van der Waals surface area contributed by atoms with Crippen molar-refractivity contribution in [2.75, 3.05) is 19.6 Å². The Labute approximate surface area is 134 Å². The second kappa shape index (κ2) is 6.69. The highest BCUT2D eigenvalue weighted by molar-refractivity contribution is 9.10. The predicted molar refractivity (Wildman–Crippen MR) is 89.1 cm³/mol. The van der Waals surface area contributed by atoms with Crippen LogP contribution in [0.1, 0.15) is 22.7 Å². The van der Waals surface area contributed by atoms with Crippen LogP contribution in [0.3, 0.4) is 0 Å². The number of pyridine rings is 1. The van der Waals surface area contributed by atoms with Crippen LogP contribution in [0.4, 0.5) is 0 Å². The molecule has 1 aliphatic rings. The van der Waals surface area contributed by atoms with Gasteiger partial charge in [0.05, 0.1) is 0 Å². The van der Waals surface area contributed by atoms with Crippen molar-refractivity contribution >= 4 is 15.9 Å². The normalized spacial score (nSPS) is 19.6. The van der Waals surface area contributed by atoms with Crippen LogP contribution in [0.15, 0.2) is 47.2 Å². The summed E-state index contributed by atoms with van der Waals surface area (Å²) >= 11 is 3.70. The lowest BCUT2D eigenvalue weighted by Gasteiger charge is -2.36. The number of hydrogen-bond acceptors (Lipinski definition) is 3. The molecule has 1 aliphatic heterocycles. The van der Waals surface area contributed by atoms with Gasteiger partial charge in [-0.25, -0.2) is 0 Å². The van der Waals surface area contributed by atoms with E-state index in [9.17, 15) is 0 Å². The lowest BCUT2D eigenvalue weighted by atomic mass is 10.0. The summed E-state index contributed by atoms with van der Waals surface area (Å²) in [6, 6.07) is 11.3. The van der Waals surface area contributed by atoms with Crippen LogP contribution < -0.4 is 5.32 Å². The zero-order valence-corrected chi connectivity index (χ0v) is 13.8. The molecule has 1 fully saturated rings. The molecule has 0 radical (unpaired) electrons. The van der Waals surface area contributed by atoms with Gasteiger partial charge in [-0.05, 0) is 41.8 Å². The number of nitrogens with zero attached hydrogens (tertiary/aromatic N) is 2. The summed E-state index contributed by atoms with van der Waals surface area (Å²) in [6.07, 6.45) is 3.76. The SMILES string of the molecule is Cc1ccc(CN2CCNCC2c2ccncc2)c(Br)c1. The summed E-state index contributed by atoms with van der Waals surface area (Å²) in [5.41, 5.74) is 3.97. The van der Waals surface area contributed by atoms with E-state index in [2.05, 4.69) is 68.4 Å². The van der Waals surface area contributed by atoms with E-state index in [4.69, 9.17) is 0 Å². The molecule has 4 heteroatoms. The fourth-order valence-corrected chi connectivity index (χ4v) is 3.47. The van der Waals surface area contributed by atoms with Gasteiger partial charge in [0, 0.05) is 49.1 Å². The van der Waals surface area contributed by atoms with Crippen molar-refractivity contribution in [3.8, 4) is 0 Å². The third-order valence-electron chi connectivity index (χ3n) is 4.03. The van der Waals surface area contributed by atoms with Crippen molar-refractivity contribution in [3.05, 3.63) is 63.9 Å². The van der Waals surface area contributed by atoms with Crippen molar-refractivity contribution in [1.82, 2.24) is 15.2 Å². The van der Waals surface area contributed by atoms with Crippen LogP contribution in [0.2, 0.25) is 0 Å². The van der Waals surface area contributed by atoms with Gasteiger partial charge < -0.3 is 5.32 Å². The highest BCUT2D eigenvalue weighted by atomic mass is 79.9. The molecule has 0 bridgehead atoms. The zero-order valence-electron chi connectivity index (χ0n) is 12.2. The first-order valence-corrected chi connectivity index (χ1v) is 8.13. The Morgan fingerprint density at radius 2 is 2.10 bits per heavy atom. The molecule has 0 saturated carbocycles. The predicted octanol–water partition coefficient (Wildman–Crippen LogP) is 3.30. The molecule has 2 heterocycles. The number of halogens is 1. The van der Waals surface area contributed by atoms with Gasteiger partial charge in [-0.1, -0.05) is 28.1 Å². The van der Waals surface area contributed by atoms with E-state index in [-0.39, 0.29) is 0 Å². The third kappa shape index (κ3) is 3.51. The maximum Gasteiger partial charge on any atom is 0.0477 e. The summed E-state index contributed by atoms with van der Waals surface area (Å²) in [4.78, 5) is 6.67. The highest BCUT2D eigenvalue weighted by Gasteiger charge is 2.24. The second-order valence-electron chi connectivity index (χ2n) is 5.57. The summed E-state index contributed by atoms with van der Waals surface area (Å²) in [6.45, 7) is 6.19. The van der Waals surface area contributed by atoms with Crippen LogP contribution in [0, 0.1) is 6.92 Å². The van der Waals surface area contributed by atoms with Gasteiger partial charge in [0.25, 0.3) is 0 Å². The minimum absolute atomic E-state index is 0.412. The maximum absolute atomic E-state index is 4.13. The number of nitrogens with one attached hydrogen (secondary N) is 1. The molecule has 1 atom stereocenters. The molecule has 1 aromatic carbocycles. The average Bonchev–Trinajstić information content (AvgIpc) is 2.51. The number of hydrogen-bond donors (Lipinski definition) is 1. The first-order valence-electron chi connectivity index (χ1n) is 7.34. The van der Waals surface area contributed by atoms with E-state index >= 15 is 0 Å². The van der Waals surface area contributed by atoms with Crippen LogP contribution >= 0.6 is 15.9 Å². The molecule has 2 aromatic rings. The Morgan fingerprint density at radius 1 is 1.29 bits per heavy atom. The minimum Gasteiger partial charge on any atom is -0.314 e. The van der Waals surface area contributed by atoms with Crippen molar-refractivity contribution in [3.63, 3.8) is 0 Å². The molecule has 1 saturated heterocycles. The highest BCUT2D eigenvalue weighted by Crippen LogP contribution is 2.26. The lowest BCUT2D eigenvalue weighted by molar-refractivity contribution is 0.153. The standard InChI is InChI=1S/C17H20BrN3/c1-13-2-3-15(16(18)10-13)12-21-9-8-20-11-17(21)14-4-6-19-7-5-14/h2-7,10,17,20H,8-9,11-12H2,1H3. The number of aromatic nitrogens is 1. The quantitative estimate of drug-likeness (QED) is 0.924. The van der Waals surface area contributed by atoms with Gasteiger partial charge in [0.1, 0.15) is 0 Å². The molecular formula is C17H20BrN3. The fraction of sp³-hybridized carbons (Fsp3) is 0.353. The topological polar surface area (TPSA) is 28.2 Å². The van der Waals surface area contributed by atoms with Crippen molar-refractivity contribution in [2.45, 2.75) is 19.5 Å². The Bertz CT molecular complexity index is 600. The molecule has 0 amide bonds. The molecule has 3 rings (SSSR count). The van der Waals surface area contributed by atoms with Gasteiger partial charge in [0.15, 0.2) is 0 Å². The van der Waals surface area contributed by atoms with Crippen LogP contribution in [-0.4, -0.2) is 29.5 Å². The molecule has 0 spiro atoms. The minimum atomic E-state index is 0.412. The van der Waals surface area contributed by atoms with E-state index in [1.165, 1.54) is 21.2 Å². The first kappa shape index (κ1) is 14.7. The molecule has 0 aliphatic carbocycles. The largest absolute Gasteiger partial charge is 0.314 e. The summed E-state index contributed by atoms with van der Waals surface area (Å²) in [5.74, 6) is 0. The van der Waals surface area contributed by atoms with Crippen LogP contribution in [0.25, 0.3) is 0 Å². The van der Waals surface area contributed by atoms with Crippen LogP contribution in [-0.2, 0) is 6.54 Å². The second-order valence-corrected chi connectivity index (χ2v) is 6.42. The fourth-order valence-electron chi connectivity index (χ4n) is 2.85. The van der Waals surface area contributed by atoms with Crippen molar-refractivity contribution < 1.29 is 0 Å². The molecule has 3 nitrogen and oxygen atoms in total. The zero-order chi connectivity index (χ0) is 14.7. The number of rotatable bonds is 3. The summed E-state index contributed by atoms with van der Waals surface area (Å²) in [5, 5.41) is 3.50. The van der Waals surface area contributed by atoms with E-state index in [0.717, 1.165) is 26.2 Å². The van der Waals surface area contributed by atoms with Gasteiger partial charge >= 0.3 is 0 Å². The molecule has 1 N–H and O–H groups in total. The number of benzene rings is 1. The van der Waals surface area contributed by atoms with E-state index in [0.29, 0.717) is 6.04 Å². The van der Waals surface area contributed by atoms with Gasteiger partial charge in [-0.3, -0.25) is 9.88 Å². The van der Waals surface area contributed by atoms with E-state index < -0.39 is 0 Å². The summed E-state index contributed by atoms with van der Waals surface area (Å²) < 4.78 is 1.20. The number of aryl methyl sites for hydroxylation is 1.